The van der Waals surface area contributed by atoms with Crippen LogP contribution in [-0.2, 0) is 33.4 Å². The first-order chi connectivity index (χ1) is 33.0. The number of rotatable bonds is 22. The van der Waals surface area contributed by atoms with Crippen LogP contribution in [0.2, 0.25) is 0 Å². The smallest absolute Gasteiger partial charge is 0.246 e. The van der Waals surface area contributed by atoms with E-state index in [1.807, 2.05) is 70.5 Å². The van der Waals surface area contributed by atoms with Crippen LogP contribution < -0.4 is 21.3 Å². The van der Waals surface area contributed by atoms with E-state index < -0.39 is 47.1 Å². The molecule has 13 nitrogen and oxygen atoms in total. The summed E-state index contributed by atoms with van der Waals surface area (Å²) >= 11 is 14.8. The van der Waals surface area contributed by atoms with Gasteiger partial charge in [-0.25, -0.2) is 0 Å². The molecule has 380 valence electrons. The Hall–Kier alpha value is -3.32. The molecule has 4 fully saturated rings. The molecule has 0 spiro atoms. The predicted molar refractivity (Wildman–Crippen MR) is 285 cm³/mol. The summed E-state index contributed by atoms with van der Waals surface area (Å²) in [6.45, 7) is 18.2. The second kappa shape index (κ2) is 25.4. The van der Waals surface area contributed by atoms with Gasteiger partial charge < -0.3 is 45.3 Å². The monoisotopic (exact) mass is 1020 g/mol. The lowest BCUT2D eigenvalue weighted by Gasteiger charge is -2.35. The van der Waals surface area contributed by atoms with Crippen LogP contribution in [0, 0.1) is 22.7 Å². The molecule has 4 aliphatic heterocycles. The molecular formula is C52H76N6O7S4. The number of thiocarbonyl (C=S) groups is 2. The van der Waals surface area contributed by atoms with Crippen molar-refractivity contribution < 1.29 is 33.4 Å². The quantitative estimate of drug-likeness (QED) is 0.0679. The van der Waals surface area contributed by atoms with Crippen LogP contribution in [0.4, 0.5) is 0 Å². The molecule has 0 saturated carbocycles. The van der Waals surface area contributed by atoms with Crippen LogP contribution in [0.15, 0.2) is 60.7 Å². The summed E-state index contributed by atoms with van der Waals surface area (Å²) < 4.78 is 18.2. The third-order valence-electron chi connectivity index (χ3n) is 14.2. The van der Waals surface area contributed by atoms with Gasteiger partial charge in [0, 0.05) is 11.8 Å². The van der Waals surface area contributed by atoms with Crippen molar-refractivity contribution >= 4 is 81.6 Å². The second-order valence-corrected chi connectivity index (χ2v) is 23.8. The Kier molecular flexibility index (Phi) is 20.2. The van der Waals surface area contributed by atoms with E-state index in [2.05, 4.69) is 76.7 Å². The third-order valence-corrected chi connectivity index (χ3v) is 17.7. The summed E-state index contributed by atoms with van der Waals surface area (Å²) in [5.74, 6) is 1.37. The number of benzene rings is 2. The highest BCUT2D eigenvalue weighted by atomic mass is 32.2. The number of carbonyl (C=O) groups excluding carboxylic acids is 4. The minimum Gasteiger partial charge on any atom is -0.377 e. The Labute approximate surface area is 430 Å². The zero-order chi connectivity index (χ0) is 49.9. The Morgan fingerprint density at radius 3 is 1.36 bits per heavy atom. The number of hydrogen-bond donors (Lipinski definition) is 4. The van der Waals surface area contributed by atoms with Gasteiger partial charge in [0.25, 0.3) is 0 Å². The summed E-state index contributed by atoms with van der Waals surface area (Å²) in [5.41, 5.74) is 0.902. The zero-order valence-electron chi connectivity index (χ0n) is 41.8. The first-order valence-corrected chi connectivity index (χ1v) is 27.8. The molecule has 17 heteroatoms. The van der Waals surface area contributed by atoms with Crippen molar-refractivity contribution in [3.8, 4) is 0 Å². The van der Waals surface area contributed by atoms with Gasteiger partial charge in [0.15, 0.2) is 0 Å². The van der Waals surface area contributed by atoms with E-state index in [-0.39, 0.29) is 72.6 Å². The number of amides is 4. The van der Waals surface area contributed by atoms with Gasteiger partial charge >= 0.3 is 0 Å². The fraction of sp³-hybridized carbons (Fsp3) is 0.654. The Balaban J connectivity index is 1.00. The topological polar surface area (TPSA) is 151 Å². The molecule has 6 rings (SSSR count). The molecule has 4 N–H and O–H groups in total. The summed E-state index contributed by atoms with van der Waals surface area (Å²) in [4.78, 5) is 62.3. The van der Waals surface area contributed by atoms with Gasteiger partial charge in [0.05, 0.1) is 72.4 Å². The number of ether oxygens (including phenoxy) is 3. The Morgan fingerprint density at radius 2 is 1.00 bits per heavy atom. The highest BCUT2D eigenvalue weighted by Crippen LogP contribution is 2.48. The zero-order valence-corrected chi connectivity index (χ0v) is 45.1. The van der Waals surface area contributed by atoms with E-state index in [0.717, 1.165) is 35.5 Å². The van der Waals surface area contributed by atoms with Crippen molar-refractivity contribution in [2.24, 2.45) is 22.7 Å². The number of nitrogens with zero attached hydrogens (tertiary/aromatic N) is 2. The molecule has 0 aromatic heterocycles. The lowest BCUT2D eigenvalue weighted by Crippen LogP contribution is -2.57. The Morgan fingerprint density at radius 1 is 0.638 bits per heavy atom. The summed E-state index contributed by atoms with van der Waals surface area (Å²) in [7, 11) is 0. The average Bonchev–Trinajstić information content (AvgIpc) is 3.65. The van der Waals surface area contributed by atoms with E-state index in [9.17, 15) is 19.2 Å². The normalized spacial score (nSPS) is 25.8. The highest BCUT2D eigenvalue weighted by molar-refractivity contribution is 8.00. The maximum Gasteiger partial charge on any atom is 0.246 e. The van der Waals surface area contributed by atoms with Crippen molar-refractivity contribution in [2.45, 2.75) is 141 Å². The van der Waals surface area contributed by atoms with E-state index in [1.54, 1.807) is 23.5 Å². The fourth-order valence-corrected chi connectivity index (χ4v) is 13.5. The van der Waals surface area contributed by atoms with Gasteiger partial charge in [-0.3, -0.25) is 19.2 Å². The van der Waals surface area contributed by atoms with Crippen LogP contribution in [-0.4, -0.2) is 129 Å². The SMILES string of the molecule is CC[C@@H](C)C(=S)N[C@H]1CCS[C@H]2CC(C)(C)[C@@H](C(=O)N[C@H](COCCOCCOC[C@@H](NC(=O)[C@H]3N4C(=O)[C@@H](NC(=S)[C@H](C)CC)CCS[C@H]4CC3(C)C)c3ccccc3)c3ccccc3)N2C1=O. The first kappa shape index (κ1) is 55.0. The number of nitrogens with one attached hydrogen (secondary N) is 4. The maximum absolute atomic E-state index is 14.4. The van der Waals surface area contributed by atoms with Crippen LogP contribution in [0.5, 0.6) is 0 Å². The molecule has 2 aromatic rings. The van der Waals surface area contributed by atoms with Gasteiger partial charge in [0.2, 0.25) is 23.6 Å². The van der Waals surface area contributed by atoms with E-state index in [0.29, 0.717) is 48.9 Å². The summed E-state index contributed by atoms with van der Waals surface area (Å²) in [6, 6.07) is 16.3. The van der Waals surface area contributed by atoms with Crippen molar-refractivity contribution in [2.75, 3.05) is 51.1 Å². The van der Waals surface area contributed by atoms with E-state index >= 15 is 0 Å². The summed E-state index contributed by atoms with van der Waals surface area (Å²) in [5, 5.41) is 13.1. The van der Waals surface area contributed by atoms with Gasteiger partial charge in [-0.1, -0.05) is 140 Å². The van der Waals surface area contributed by atoms with Crippen molar-refractivity contribution in [1.82, 2.24) is 31.1 Å². The molecule has 4 aliphatic rings. The molecule has 0 aliphatic carbocycles. The van der Waals surface area contributed by atoms with Crippen LogP contribution in [0.25, 0.3) is 0 Å². The number of carbonyl (C=O) groups is 4. The third kappa shape index (κ3) is 14.0. The lowest BCUT2D eigenvalue weighted by molar-refractivity contribution is -0.142. The van der Waals surface area contributed by atoms with Gasteiger partial charge in [0.1, 0.15) is 24.2 Å². The predicted octanol–water partition coefficient (Wildman–Crippen LogP) is 7.59. The maximum atomic E-state index is 14.4. The fourth-order valence-electron chi connectivity index (χ4n) is 9.76. The van der Waals surface area contributed by atoms with Crippen molar-refractivity contribution in [3.63, 3.8) is 0 Å². The molecule has 4 amide bonds. The van der Waals surface area contributed by atoms with Gasteiger partial charge in [-0.05, 0) is 72.0 Å². The summed E-state index contributed by atoms with van der Waals surface area (Å²) in [6.07, 6.45) is 4.50. The molecule has 2 aromatic carbocycles. The molecule has 4 saturated heterocycles. The Bertz CT molecular complexity index is 1920. The molecule has 0 bridgehead atoms. The van der Waals surface area contributed by atoms with E-state index in [1.165, 1.54) is 0 Å². The average molecular weight is 1030 g/mol. The minimum atomic E-state index is -0.662. The molecule has 4 heterocycles. The van der Waals surface area contributed by atoms with Crippen LogP contribution in [0.3, 0.4) is 0 Å². The van der Waals surface area contributed by atoms with Crippen molar-refractivity contribution in [3.05, 3.63) is 71.8 Å². The molecule has 0 unspecified atom stereocenters. The second-order valence-electron chi connectivity index (χ2n) is 20.4. The van der Waals surface area contributed by atoms with E-state index in [4.69, 9.17) is 38.6 Å². The molecule has 0 radical (unpaired) electrons. The number of hydrogen-bond acceptors (Lipinski definition) is 11. The standard InChI is InChI=1S/C52H76N6O7S4/c1-9-33(3)47(66)55-37-21-27-68-41-29-51(5,6)43(57(41)49(37)61)45(59)53-39(35-17-13-11-14-18-35)31-64-25-23-63-24-26-65-32-40(36-19-15-12-16-20-36)54-46(60)44-52(7,8)30-42-58(44)50(62)38(22-28-69-42)56-48(67)34(4)10-2/h11-20,33-34,37-44H,9-10,21-32H2,1-8H3,(H,53,59)(H,54,60)(H,55,66)(H,56,67)/t33-,34-,37+,38+,39-,40-,41+,42+,43-,44-/m1/s1. The molecule has 69 heavy (non-hydrogen) atoms. The van der Waals surface area contributed by atoms with Gasteiger partial charge in [-0.15, -0.1) is 23.5 Å². The largest absolute Gasteiger partial charge is 0.377 e. The molecule has 10 atom stereocenters. The minimum absolute atomic E-state index is 0.0728. The number of thioether (sulfide) groups is 2. The lowest BCUT2D eigenvalue weighted by atomic mass is 9.83. The van der Waals surface area contributed by atoms with Crippen LogP contribution in [0.1, 0.15) is 117 Å². The molecular weight excluding hydrogens is 949 g/mol. The number of fused-ring (bicyclic) bond motifs is 2. The highest BCUT2D eigenvalue weighted by Gasteiger charge is 2.56. The van der Waals surface area contributed by atoms with Crippen molar-refractivity contribution in [1.29, 1.82) is 0 Å². The first-order valence-electron chi connectivity index (χ1n) is 24.9. The van der Waals surface area contributed by atoms with Gasteiger partial charge in [-0.2, -0.15) is 0 Å². The van der Waals surface area contributed by atoms with Crippen LogP contribution >= 0.6 is 48.0 Å².